The molecule has 1 aromatic carbocycles. The Labute approximate surface area is 139 Å². The number of morpholine rings is 1. The second-order valence-electron chi connectivity index (χ2n) is 5.56. The highest BCUT2D eigenvalue weighted by Crippen LogP contribution is 2.29. The zero-order valence-electron chi connectivity index (χ0n) is 11.9. The third-order valence-electron chi connectivity index (χ3n) is 4.29. The predicted octanol–water partition coefficient (Wildman–Crippen LogP) is 1.99. The van der Waals surface area contributed by atoms with Crippen LogP contribution in [-0.2, 0) is 4.74 Å². The summed E-state index contributed by atoms with van der Waals surface area (Å²) in [4.78, 5) is 5.41. The van der Waals surface area contributed by atoms with Gasteiger partial charge in [0.2, 0.25) is 0 Å². The maximum atomic E-state index is 5.89. The zero-order chi connectivity index (χ0) is 14.8. The molecule has 6 heteroatoms. The molecule has 1 atom stereocenters. The molecule has 0 radical (unpaired) electrons. The van der Waals surface area contributed by atoms with E-state index in [-0.39, 0.29) is 0 Å². The normalized spacial score (nSPS) is 23.5. The van der Waals surface area contributed by atoms with Crippen LogP contribution in [0.1, 0.15) is 12.0 Å². The highest BCUT2D eigenvalue weighted by atomic mass is 79.9. The Morgan fingerprint density at radius 1 is 1.29 bits per heavy atom. The van der Waals surface area contributed by atoms with Crippen LogP contribution in [0.4, 0.5) is 5.69 Å². The second-order valence-corrected chi connectivity index (χ2v) is 6.92. The fourth-order valence-electron chi connectivity index (χ4n) is 3.18. The summed E-state index contributed by atoms with van der Waals surface area (Å²) in [6.45, 7) is 5.89. The van der Waals surface area contributed by atoms with E-state index in [0.717, 1.165) is 55.1 Å². The number of nitrogens with zero attached hydrogens (tertiary/aromatic N) is 2. The van der Waals surface area contributed by atoms with Crippen molar-refractivity contribution in [3.63, 3.8) is 0 Å². The lowest BCUT2D eigenvalue weighted by molar-refractivity contribution is 0.0209. The first-order chi connectivity index (χ1) is 10.1. The average molecular weight is 370 g/mol. The lowest BCUT2D eigenvalue weighted by atomic mass is 10.1. The number of nitrogens with two attached hydrogens (primary N) is 1. The molecule has 2 fully saturated rings. The highest BCUT2D eigenvalue weighted by Gasteiger charge is 2.29. The summed E-state index contributed by atoms with van der Waals surface area (Å²) in [6.07, 6.45) is 1.19. The van der Waals surface area contributed by atoms with Crippen LogP contribution in [0.3, 0.4) is 0 Å². The molecule has 2 N–H and O–H groups in total. The molecule has 21 heavy (non-hydrogen) atoms. The fraction of sp³-hybridized carbons (Fsp3) is 0.533. The lowest BCUT2D eigenvalue weighted by Gasteiger charge is -2.32. The highest BCUT2D eigenvalue weighted by molar-refractivity contribution is 9.10. The standard InChI is InChI=1S/C15H20BrN3OS/c16-11-1-2-14(13(9-11)15(17)21)19-4-3-12(10-19)18-5-7-20-8-6-18/h1-2,9,12H,3-8,10H2,(H2,17,21). The maximum absolute atomic E-state index is 5.89. The van der Waals surface area contributed by atoms with Gasteiger partial charge < -0.3 is 15.4 Å². The van der Waals surface area contributed by atoms with Gasteiger partial charge in [-0.3, -0.25) is 4.90 Å². The van der Waals surface area contributed by atoms with E-state index in [0.29, 0.717) is 11.0 Å². The molecule has 114 valence electrons. The number of thiocarbonyl (C=S) groups is 1. The molecule has 0 amide bonds. The predicted molar refractivity (Wildman–Crippen MR) is 93.0 cm³/mol. The average Bonchev–Trinajstić information content (AvgIpc) is 2.97. The van der Waals surface area contributed by atoms with Gasteiger partial charge >= 0.3 is 0 Å². The minimum absolute atomic E-state index is 0.459. The van der Waals surface area contributed by atoms with Crippen LogP contribution in [0.5, 0.6) is 0 Å². The summed E-state index contributed by atoms with van der Waals surface area (Å²) in [7, 11) is 0. The molecular weight excluding hydrogens is 350 g/mol. The SMILES string of the molecule is NC(=S)c1cc(Br)ccc1N1CCC(N2CCOCC2)C1. The summed E-state index contributed by atoms with van der Waals surface area (Å²) < 4.78 is 6.45. The van der Waals surface area contributed by atoms with Gasteiger partial charge in [-0.05, 0) is 24.6 Å². The molecular formula is C15H20BrN3OS. The zero-order valence-corrected chi connectivity index (χ0v) is 14.3. The molecule has 2 heterocycles. The Balaban J connectivity index is 1.75. The van der Waals surface area contributed by atoms with Crippen LogP contribution in [0.15, 0.2) is 22.7 Å². The van der Waals surface area contributed by atoms with E-state index in [1.54, 1.807) is 0 Å². The quantitative estimate of drug-likeness (QED) is 0.825. The van der Waals surface area contributed by atoms with Crippen molar-refractivity contribution in [1.82, 2.24) is 4.90 Å². The van der Waals surface area contributed by atoms with E-state index >= 15 is 0 Å². The summed E-state index contributed by atoms with van der Waals surface area (Å²) in [5.74, 6) is 0. The largest absolute Gasteiger partial charge is 0.389 e. The van der Waals surface area contributed by atoms with E-state index in [9.17, 15) is 0 Å². The van der Waals surface area contributed by atoms with Crippen LogP contribution in [0.25, 0.3) is 0 Å². The Kier molecular flexibility index (Phi) is 4.78. The number of benzene rings is 1. The first-order valence-corrected chi connectivity index (χ1v) is 8.51. The van der Waals surface area contributed by atoms with Gasteiger partial charge in [-0.2, -0.15) is 0 Å². The number of hydrogen-bond acceptors (Lipinski definition) is 4. The molecule has 0 bridgehead atoms. The van der Waals surface area contributed by atoms with E-state index in [4.69, 9.17) is 22.7 Å². The van der Waals surface area contributed by atoms with Gasteiger partial charge in [-0.1, -0.05) is 28.1 Å². The number of halogens is 1. The molecule has 2 saturated heterocycles. The number of hydrogen-bond donors (Lipinski definition) is 1. The lowest BCUT2D eigenvalue weighted by Crippen LogP contribution is -2.44. The fourth-order valence-corrected chi connectivity index (χ4v) is 3.71. The van der Waals surface area contributed by atoms with Gasteiger partial charge in [0, 0.05) is 47.9 Å². The van der Waals surface area contributed by atoms with Crippen molar-refractivity contribution in [3.05, 3.63) is 28.2 Å². The van der Waals surface area contributed by atoms with Crippen LogP contribution in [-0.4, -0.2) is 55.3 Å². The number of rotatable bonds is 3. The van der Waals surface area contributed by atoms with Crippen LogP contribution in [0.2, 0.25) is 0 Å². The molecule has 2 aliphatic heterocycles. The van der Waals surface area contributed by atoms with E-state index in [1.165, 1.54) is 6.42 Å². The smallest absolute Gasteiger partial charge is 0.106 e. The van der Waals surface area contributed by atoms with Crippen molar-refractivity contribution in [2.45, 2.75) is 12.5 Å². The first kappa shape index (κ1) is 15.2. The Hall–Kier alpha value is -0.690. The number of ether oxygens (including phenoxy) is 1. The molecule has 1 aromatic rings. The summed E-state index contributed by atoms with van der Waals surface area (Å²) in [5.41, 5.74) is 8.00. The van der Waals surface area contributed by atoms with E-state index < -0.39 is 0 Å². The van der Waals surface area contributed by atoms with E-state index in [1.807, 2.05) is 6.07 Å². The minimum atomic E-state index is 0.459. The third kappa shape index (κ3) is 3.39. The van der Waals surface area contributed by atoms with Gasteiger partial charge in [0.05, 0.1) is 13.2 Å². The van der Waals surface area contributed by atoms with Gasteiger partial charge in [0.1, 0.15) is 4.99 Å². The van der Waals surface area contributed by atoms with Crippen molar-refractivity contribution in [2.24, 2.45) is 5.73 Å². The molecule has 1 unspecified atom stereocenters. The summed E-state index contributed by atoms with van der Waals surface area (Å²) >= 11 is 8.69. The Morgan fingerprint density at radius 3 is 2.76 bits per heavy atom. The van der Waals surface area contributed by atoms with Crippen LogP contribution >= 0.6 is 28.1 Å². The van der Waals surface area contributed by atoms with Crippen LogP contribution in [0, 0.1) is 0 Å². The molecule has 0 spiro atoms. The molecule has 0 aliphatic carbocycles. The molecule has 3 rings (SSSR count). The Morgan fingerprint density at radius 2 is 2.05 bits per heavy atom. The summed E-state index contributed by atoms with van der Waals surface area (Å²) in [5, 5.41) is 0. The van der Waals surface area contributed by atoms with Crippen LogP contribution < -0.4 is 10.6 Å². The molecule has 0 saturated carbocycles. The Bertz CT molecular complexity index is 534. The monoisotopic (exact) mass is 369 g/mol. The van der Waals surface area contributed by atoms with Gasteiger partial charge in [0.15, 0.2) is 0 Å². The van der Waals surface area contributed by atoms with E-state index in [2.05, 4.69) is 37.9 Å². The van der Waals surface area contributed by atoms with Crippen molar-refractivity contribution < 1.29 is 4.74 Å². The van der Waals surface area contributed by atoms with Crippen molar-refractivity contribution >= 4 is 38.8 Å². The second kappa shape index (κ2) is 6.60. The molecule has 2 aliphatic rings. The van der Waals surface area contributed by atoms with Gasteiger partial charge in [-0.15, -0.1) is 0 Å². The van der Waals surface area contributed by atoms with Crippen molar-refractivity contribution in [2.75, 3.05) is 44.3 Å². The number of anilines is 1. The topological polar surface area (TPSA) is 41.7 Å². The maximum Gasteiger partial charge on any atom is 0.106 e. The van der Waals surface area contributed by atoms with Gasteiger partial charge in [0.25, 0.3) is 0 Å². The van der Waals surface area contributed by atoms with Crippen molar-refractivity contribution in [3.8, 4) is 0 Å². The first-order valence-electron chi connectivity index (χ1n) is 7.31. The molecule has 4 nitrogen and oxygen atoms in total. The molecule has 0 aromatic heterocycles. The summed E-state index contributed by atoms with van der Waals surface area (Å²) in [6, 6.07) is 6.79. The third-order valence-corrected chi connectivity index (χ3v) is 5.00. The van der Waals surface area contributed by atoms with Gasteiger partial charge in [-0.25, -0.2) is 0 Å². The minimum Gasteiger partial charge on any atom is -0.389 e. The van der Waals surface area contributed by atoms with Crippen molar-refractivity contribution in [1.29, 1.82) is 0 Å².